The van der Waals surface area contributed by atoms with Gasteiger partial charge in [0, 0.05) is 22.8 Å². The Bertz CT molecular complexity index is 679. The number of benzene rings is 2. The quantitative estimate of drug-likeness (QED) is 0.647. The van der Waals surface area contributed by atoms with Crippen molar-refractivity contribution in [1.29, 1.82) is 0 Å². The molecule has 0 heterocycles. The van der Waals surface area contributed by atoms with Crippen molar-refractivity contribution in [2.24, 2.45) is 0 Å². The second-order valence-corrected chi connectivity index (χ2v) is 5.09. The molecule has 0 atom stereocenters. The monoisotopic (exact) mass is 354 g/mol. The highest BCUT2D eigenvalue weighted by Crippen LogP contribution is 2.30. The summed E-state index contributed by atoms with van der Waals surface area (Å²) >= 11 is 3.27. The van der Waals surface area contributed by atoms with Gasteiger partial charge in [-0.2, -0.15) is 0 Å². The Morgan fingerprint density at radius 2 is 2.10 bits per heavy atom. The molecule has 0 amide bonds. The number of nitro benzene ring substituents is 1. The first kappa shape index (κ1) is 15.2. The van der Waals surface area contributed by atoms with Gasteiger partial charge in [-0.25, -0.2) is 4.39 Å². The minimum atomic E-state index is -0.502. The molecular formula is C14H12BrFN2O3. The van der Waals surface area contributed by atoms with E-state index in [1.807, 2.05) is 0 Å². The fourth-order valence-corrected chi connectivity index (χ4v) is 2.30. The summed E-state index contributed by atoms with van der Waals surface area (Å²) in [7, 11) is 1.38. The average molecular weight is 355 g/mol. The van der Waals surface area contributed by atoms with Crippen LogP contribution in [0.3, 0.4) is 0 Å². The number of nitro groups is 1. The molecule has 5 nitrogen and oxygen atoms in total. The lowest BCUT2D eigenvalue weighted by atomic mass is 10.2. The van der Waals surface area contributed by atoms with Gasteiger partial charge >= 0.3 is 5.69 Å². The van der Waals surface area contributed by atoms with E-state index in [1.165, 1.54) is 31.4 Å². The van der Waals surface area contributed by atoms with E-state index >= 15 is 0 Å². The zero-order valence-electron chi connectivity index (χ0n) is 11.1. The van der Waals surface area contributed by atoms with Crippen LogP contribution in [0.5, 0.6) is 5.75 Å². The Morgan fingerprint density at radius 3 is 2.71 bits per heavy atom. The second kappa shape index (κ2) is 6.53. The molecule has 2 rings (SSSR count). The van der Waals surface area contributed by atoms with E-state index in [-0.39, 0.29) is 17.3 Å². The number of nitrogens with one attached hydrogen (secondary N) is 1. The van der Waals surface area contributed by atoms with Gasteiger partial charge in [0.2, 0.25) is 0 Å². The zero-order valence-corrected chi connectivity index (χ0v) is 12.7. The van der Waals surface area contributed by atoms with Crippen LogP contribution in [0.15, 0.2) is 40.9 Å². The Hall–Kier alpha value is -2.15. The number of methoxy groups -OCH3 is 1. The van der Waals surface area contributed by atoms with Crippen molar-refractivity contribution in [3.05, 3.63) is 62.4 Å². The SMILES string of the molecule is COc1ccc(NCc2ccc(F)cc2Br)cc1[N+](=O)[O-]. The first-order valence-corrected chi connectivity index (χ1v) is 6.81. The first-order chi connectivity index (χ1) is 10.0. The predicted molar refractivity (Wildman–Crippen MR) is 81.1 cm³/mol. The molecule has 0 bridgehead atoms. The van der Waals surface area contributed by atoms with Crippen LogP contribution in [-0.4, -0.2) is 12.0 Å². The first-order valence-electron chi connectivity index (χ1n) is 6.01. The number of hydrogen-bond acceptors (Lipinski definition) is 4. The zero-order chi connectivity index (χ0) is 15.4. The van der Waals surface area contributed by atoms with E-state index in [0.717, 1.165) is 5.56 Å². The van der Waals surface area contributed by atoms with Gasteiger partial charge in [0.05, 0.1) is 12.0 Å². The van der Waals surface area contributed by atoms with E-state index in [4.69, 9.17) is 4.74 Å². The largest absolute Gasteiger partial charge is 0.490 e. The van der Waals surface area contributed by atoms with Gasteiger partial charge in [0.15, 0.2) is 5.75 Å². The van der Waals surface area contributed by atoms with Gasteiger partial charge in [0.1, 0.15) is 5.82 Å². The Morgan fingerprint density at radius 1 is 1.33 bits per heavy atom. The summed E-state index contributed by atoms with van der Waals surface area (Å²) in [5, 5.41) is 14.0. The Balaban J connectivity index is 2.16. The fourth-order valence-electron chi connectivity index (χ4n) is 1.80. The molecule has 1 N–H and O–H groups in total. The molecule has 0 aliphatic heterocycles. The minimum Gasteiger partial charge on any atom is -0.490 e. The van der Waals surface area contributed by atoms with Crippen LogP contribution in [0.1, 0.15) is 5.56 Å². The molecule has 0 radical (unpaired) electrons. The summed E-state index contributed by atoms with van der Waals surface area (Å²) in [6.07, 6.45) is 0. The van der Waals surface area contributed by atoms with Crippen molar-refractivity contribution < 1.29 is 14.1 Å². The van der Waals surface area contributed by atoms with Crippen molar-refractivity contribution in [2.75, 3.05) is 12.4 Å². The topological polar surface area (TPSA) is 64.4 Å². The number of anilines is 1. The number of nitrogens with zero attached hydrogens (tertiary/aromatic N) is 1. The summed E-state index contributed by atoms with van der Waals surface area (Å²) in [4.78, 5) is 10.4. The number of hydrogen-bond donors (Lipinski definition) is 1. The minimum absolute atomic E-state index is 0.110. The maximum absolute atomic E-state index is 13.0. The van der Waals surface area contributed by atoms with E-state index < -0.39 is 4.92 Å². The van der Waals surface area contributed by atoms with Gasteiger partial charge in [0.25, 0.3) is 0 Å². The third-order valence-corrected chi connectivity index (χ3v) is 3.61. The van der Waals surface area contributed by atoms with Gasteiger partial charge < -0.3 is 10.1 Å². The summed E-state index contributed by atoms with van der Waals surface area (Å²) in [6, 6.07) is 8.98. The van der Waals surface area contributed by atoms with Crippen molar-refractivity contribution in [3.8, 4) is 5.75 Å². The molecule has 7 heteroatoms. The maximum atomic E-state index is 13.0. The summed E-state index contributed by atoms with van der Waals surface area (Å²) in [6.45, 7) is 0.407. The third-order valence-electron chi connectivity index (χ3n) is 2.87. The van der Waals surface area contributed by atoms with Crippen LogP contribution in [0.25, 0.3) is 0 Å². The normalized spacial score (nSPS) is 10.2. The molecule has 0 saturated carbocycles. The molecule has 0 spiro atoms. The van der Waals surface area contributed by atoms with Crippen LogP contribution in [-0.2, 0) is 6.54 Å². The molecule has 21 heavy (non-hydrogen) atoms. The lowest BCUT2D eigenvalue weighted by Crippen LogP contribution is -2.02. The Kier molecular flexibility index (Phi) is 4.74. The van der Waals surface area contributed by atoms with Gasteiger partial charge in [-0.15, -0.1) is 0 Å². The molecule has 110 valence electrons. The van der Waals surface area contributed by atoms with E-state index in [9.17, 15) is 14.5 Å². The van der Waals surface area contributed by atoms with Crippen molar-refractivity contribution >= 4 is 27.3 Å². The molecule has 2 aromatic rings. The van der Waals surface area contributed by atoms with Crippen LogP contribution in [0.4, 0.5) is 15.8 Å². The van der Waals surface area contributed by atoms with E-state index in [0.29, 0.717) is 16.7 Å². The number of rotatable bonds is 5. The van der Waals surface area contributed by atoms with Crippen molar-refractivity contribution in [1.82, 2.24) is 0 Å². The highest BCUT2D eigenvalue weighted by Gasteiger charge is 2.15. The van der Waals surface area contributed by atoms with E-state index in [2.05, 4.69) is 21.2 Å². The number of ether oxygens (including phenoxy) is 1. The molecule has 0 aromatic heterocycles. The van der Waals surface area contributed by atoms with Crippen molar-refractivity contribution in [3.63, 3.8) is 0 Å². The molecule has 0 aliphatic rings. The standard InChI is InChI=1S/C14H12BrFN2O3/c1-21-14-5-4-11(7-13(14)18(19)20)17-8-9-2-3-10(16)6-12(9)15/h2-7,17H,8H2,1H3. The predicted octanol–water partition coefficient (Wildman–Crippen LogP) is 4.12. The molecule has 0 fully saturated rings. The smallest absolute Gasteiger partial charge is 0.312 e. The number of halogens is 2. The third kappa shape index (κ3) is 3.69. The van der Waals surface area contributed by atoms with Gasteiger partial charge in [-0.05, 0) is 29.8 Å². The molecule has 0 aliphatic carbocycles. The molecule has 0 unspecified atom stereocenters. The van der Waals surface area contributed by atoms with Crippen LogP contribution >= 0.6 is 15.9 Å². The van der Waals surface area contributed by atoms with Crippen LogP contribution in [0.2, 0.25) is 0 Å². The summed E-state index contributed by atoms with van der Waals surface area (Å²) in [5.41, 5.74) is 1.31. The molecular weight excluding hydrogens is 343 g/mol. The van der Waals surface area contributed by atoms with E-state index in [1.54, 1.807) is 12.1 Å². The second-order valence-electron chi connectivity index (χ2n) is 4.23. The fraction of sp³-hybridized carbons (Fsp3) is 0.143. The van der Waals surface area contributed by atoms with Crippen LogP contribution < -0.4 is 10.1 Å². The molecule has 2 aromatic carbocycles. The lowest BCUT2D eigenvalue weighted by molar-refractivity contribution is -0.385. The van der Waals surface area contributed by atoms with Gasteiger partial charge in [-0.3, -0.25) is 10.1 Å². The highest BCUT2D eigenvalue weighted by molar-refractivity contribution is 9.10. The molecule has 0 saturated heterocycles. The van der Waals surface area contributed by atoms with Crippen LogP contribution in [0, 0.1) is 15.9 Å². The average Bonchev–Trinajstić information content (AvgIpc) is 2.46. The maximum Gasteiger partial charge on any atom is 0.312 e. The van der Waals surface area contributed by atoms with Crippen molar-refractivity contribution in [2.45, 2.75) is 6.54 Å². The summed E-state index contributed by atoms with van der Waals surface area (Å²) in [5.74, 6) is -0.126. The highest BCUT2D eigenvalue weighted by atomic mass is 79.9. The van der Waals surface area contributed by atoms with Gasteiger partial charge in [-0.1, -0.05) is 22.0 Å². The summed E-state index contributed by atoms with van der Waals surface area (Å²) < 4.78 is 18.6. The lowest BCUT2D eigenvalue weighted by Gasteiger charge is -2.09. The Labute approximate surface area is 129 Å².